The number of aromatic nitrogens is 2. The third-order valence-electron chi connectivity index (χ3n) is 6.84. The molecule has 1 fully saturated rings. The van der Waals surface area contributed by atoms with Crippen LogP contribution in [0.5, 0.6) is 0 Å². The molecule has 1 aliphatic rings. The van der Waals surface area contributed by atoms with E-state index in [4.69, 9.17) is 28.2 Å². The van der Waals surface area contributed by atoms with Crippen molar-refractivity contribution in [2.24, 2.45) is 0 Å². The fourth-order valence-corrected chi connectivity index (χ4v) is 5.19. The van der Waals surface area contributed by atoms with Crippen LogP contribution in [0.4, 0.5) is 11.6 Å². The standard InChI is InChI=1S/C30H28Cl2N4O/c1-20-6-2-3-7-21(20)13-16-27-26(29(37)34-25-9-4-8-24(32)18-25)19-33-30(35-27)36-17-5-10-28(36)22-11-14-23(31)15-12-22/h2-4,6-9,11-12,14-15,18-19,28H,5,10,13,16-17H2,1H3,(H,34,37)/t28-/m1/s1. The lowest BCUT2D eigenvalue weighted by molar-refractivity contribution is 0.102. The number of carbonyl (C=O) groups excluding carboxylic acids is 1. The van der Waals surface area contributed by atoms with Gasteiger partial charge in [-0.15, -0.1) is 0 Å². The van der Waals surface area contributed by atoms with Gasteiger partial charge in [-0.2, -0.15) is 0 Å². The van der Waals surface area contributed by atoms with Gasteiger partial charge in [-0.3, -0.25) is 4.79 Å². The summed E-state index contributed by atoms with van der Waals surface area (Å²) in [5.41, 5.74) is 5.49. The molecule has 188 valence electrons. The number of nitrogens with zero attached hydrogens (tertiary/aromatic N) is 3. The summed E-state index contributed by atoms with van der Waals surface area (Å²) in [5.74, 6) is 0.404. The lowest BCUT2D eigenvalue weighted by Crippen LogP contribution is -2.26. The van der Waals surface area contributed by atoms with Crippen molar-refractivity contribution < 1.29 is 4.79 Å². The second-order valence-electron chi connectivity index (χ2n) is 9.32. The number of aryl methyl sites for hydroxylation is 3. The van der Waals surface area contributed by atoms with Crippen LogP contribution < -0.4 is 10.2 Å². The minimum absolute atomic E-state index is 0.174. The van der Waals surface area contributed by atoms with Crippen LogP contribution in [0.3, 0.4) is 0 Å². The van der Waals surface area contributed by atoms with E-state index in [-0.39, 0.29) is 11.9 Å². The van der Waals surface area contributed by atoms with Gasteiger partial charge in [0, 0.05) is 28.5 Å². The molecule has 0 saturated carbocycles. The van der Waals surface area contributed by atoms with Gasteiger partial charge in [0.1, 0.15) is 0 Å². The molecule has 1 aliphatic heterocycles. The highest BCUT2D eigenvalue weighted by atomic mass is 35.5. The molecule has 0 radical (unpaired) electrons. The van der Waals surface area contributed by atoms with Crippen molar-refractivity contribution in [3.8, 4) is 0 Å². The molecule has 0 unspecified atom stereocenters. The average molecular weight is 531 g/mol. The molecule has 4 aromatic rings. The van der Waals surface area contributed by atoms with Crippen LogP contribution in [0.1, 0.15) is 51.6 Å². The number of hydrogen-bond donors (Lipinski definition) is 1. The van der Waals surface area contributed by atoms with E-state index in [0.29, 0.717) is 28.6 Å². The summed E-state index contributed by atoms with van der Waals surface area (Å²) in [4.78, 5) is 25.2. The zero-order chi connectivity index (χ0) is 25.8. The third kappa shape index (κ3) is 5.95. The molecule has 1 aromatic heterocycles. The molecule has 7 heteroatoms. The van der Waals surface area contributed by atoms with Crippen LogP contribution in [0, 0.1) is 6.92 Å². The van der Waals surface area contributed by atoms with Crippen molar-refractivity contribution >= 4 is 40.7 Å². The Labute approximate surface area is 227 Å². The Bertz CT molecular complexity index is 1410. The van der Waals surface area contributed by atoms with Gasteiger partial charge >= 0.3 is 0 Å². The zero-order valence-electron chi connectivity index (χ0n) is 20.6. The smallest absolute Gasteiger partial charge is 0.259 e. The predicted molar refractivity (Wildman–Crippen MR) is 151 cm³/mol. The highest BCUT2D eigenvalue weighted by Gasteiger charge is 2.29. The maximum atomic E-state index is 13.3. The fraction of sp³-hybridized carbons (Fsp3) is 0.233. The summed E-state index contributed by atoms with van der Waals surface area (Å²) in [6, 6.07) is 23.6. The van der Waals surface area contributed by atoms with E-state index in [1.807, 2.05) is 30.3 Å². The predicted octanol–water partition coefficient (Wildman–Crippen LogP) is 7.47. The number of hydrogen-bond acceptors (Lipinski definition) is 4. The molecule has 1 saturated heterocycles. The molecule has 1 amide bonds. The van der Waals surface area contributed by atoms with Crippen LogP contribution in [-0.2, 0) is 12.8 Å². The number of amides is 1. The van der Waals surface area contributed by atoms with Crippen molar-refractivity contribution in [2.75, 3.05) is 16.8 Å². The van der Waals surface area contributed by atoms with Gasteiger partial charge in [-0.25, -0.2) is 9.97 Å². The summed E-state index contributed by atoms with van der Waals surface area (Å²) < 4.78 is 0. The molecule has 5 nitrogen and oxygen atoms in total. The summed E-state index contributed by atoms with van der Waals surface area (Å²) in [6.07, 6.45) is 5.12. The quantitative estimate of drug-likeness (QED) is 0.269. The topological polar surface area (TPSA) is 58.1 Å². The Balaban J connectivity index is 1.46. The van der Waals surface area contributed by atoms with E-state index >= 15 is 0 Å². The monoisotopic (exact) mass is 530 g/mol. The number of rotatable bonds is 7. The second-order valence-corrected chi connectivity index (χ2v) is 10.2. The summed E-state index contributed by atoms with van der Waals surface area (Å²) in [5, 5.41) is 4.23. The van der Waals surface area contributed by atoms with E-state index in [1.54, 1.807) is 24.4 Å². The van der Waals surface area contributed by atoms with Gasteiger partial charge in [0.05, 0.1) is 17.3 Å². The Kier molecular flexibility index (Phi) is 7.73. The summed E-state index contributed by atoms with van der Waals surface area (Å²) in [6.45, 7) is 2.97. The van der Waals surface area contributed by atoms with Crippen LogP contribution in [0.25, 0.3) is 0 Å². The third-order valence-corrected chi connectivity index (χ3v) is 7.33. The Hall–Kier alpha value is -3.41. The van der Waals surface area contributed by atoms with E-state index in [2.05, 4.69) is 46.4 Å². The largest absolute Gasteiger partial charge is 0.334 e. The first kappa shape index (κ1) is 25.2. The molecule has 0 aliphatic carbocycles. The van der Waals surface area contributed by atoms with Gasteiger partial charge in [-0.1, -0.05) is 65.7 Å². The number of anilines is 2. The normalized spacial score (nSPS) is 15.1. The van der Waals surface area contributed by atoms with Crippen LogP contribution >= 0.6 is 23.2 Å². The molecular weight excluding hydrogens is 503 g/mol. The zero-order valence-corrected chi connectivity index (χ0v) is 22.1. The summed E-state index contributed by atoms with van der Waals surface area (Å²) in [7, 11) is 0. The van der Waals surface area contributed by atoms with E-state index in [9.17, 15) is 4.79 Å². The lowest BCUT2D eigenvalue weighted by atomic mass is 10.0. The summed E-state index contributed by atoms with van der Waals surface area (Å²) >= 11 is 12.2. The highest BCUT2D eigenvalue weighted by Crippen LogP contribution is 2.35. The number of carbonyl (C=O) groups is 1. The number of halogens is 2. The van der Waals surface area contributed by atoms with E-state index < -0.39 is 0 Å². The van der Waals surface area contributed by atoms with Gasteiger partial charge in [0.2, 0.25) is 5.95 Å². The molecule has 0 spiro atoms. The van der Waals surface area contributed by atoms with Crippen molar-refractivity contribution in [3.05, 3.63) is 117 Å². The van der Waals surface area contributed by atoms with Crippen molar-refractivity contribution in [3.63, 3.8) is 0 Å². The van der Waals surface area contributed by atoms with Crippen molar-refractivity contribution in [2.45, 2.75) is 38.6 Å². The van der Waals surface area contributed by atoms with Crippen LogP contribution in [0.15, 0.2) is 79.0 Å². The van der Waals surface area contributed by atoms with Gasteiger partial charge in [-0.05, 0) is 79.6 Å². The van der Waals surface area contributed by atoms with Gasteiger partial charge < -0.3 is 10.2 Å². The molecule has 37 heavy (non-hydrogen) atoms. The van der Waals surface area contributed by atoms with E-state index in [1.165, 1.54) is 16.7 Å². The molecular formula is C30H28Cl2N4O. The number of benzene rings is 3. The first-order chi connectivity index (χ1) is 18.0. The molecule has 3 aromatic carbocycles. The SMILES string of the molecule is Cc1ccccc1CCc1nc(N2CCC[C@@H]2c2ccc(Cl)cc2)ncc1C(=O)Nc1cccc(Cl)c1. The molecule has 2 heterocycles. The molecule has 1 N–H and O–H groups in total. The highest BCUT2D eigenvalue weighted by molar-refractivity contribution is 6.31. The lowest BCUT2D eigenvalue weighted by Gasteiger charge is -2.26. The second kappa shape index (κ2) is 11.3. The van der Waals surface area contributed by atoms with Crippen LogP contribution in [-0.4, -0.2) is 22.4 Å². The Morgan fingerprint density at radius 1 is 1.00 bits per heavy atom. The first-order valence-electron chi connectivity index (χ1n) is 12.5. The first-order valence-corrected chi connectivity index (χ1v) is 13.2. The van der Waals surface area contributed by atoms with Crippen molar-refractivity contribution in [1.29, 1.82) is 0 Å². The number of nitrogens with one attached hydrogen (secondary N) is 1. The van der Waals surface area contributed by atoms with E-state index in [0.717, 1.165) is 36.5 Å². The van der Waals surface area contributed by atoms with Crippen molar-refractivity contribution in [1.82, 2.24) is 9.97 Å². The molecule has 1 atom stereocenters. The maximum Gasteiger partial charge on any atom is 0.259 e. The molecule has 0 bridgehead atoms. The van der Waals surface area contributed by atoms with Crippen LogP contribution in [0.2, 0.25) is 10.0 Å². The average Bonchev–Trinajstić information content (AvgIpc) is 3.38. The van der Waals surface area contributed by atoms with Gasteiger partial charge in [0.15, 0.2) is 0 Å². The Morgan fingerprint density at radius 3 is 2.59 bits per heavy atom. The minimum atomic E-state index is -0.246. The minimum Gasteiger partial charge on any atom is -0.334 e. The fourth-order valence-electron chi connectivity index (χ4n) is 4.87. The maximum absolute atomic E-state index is 13.3. The molecule has 5 rings (SSSR count). The van der Waals surface area contributed by atoms with Gasteiger partial charge in [0.25, 0.3) is 5.91 Å². The Morgan fingerprint density at radius 2 is 1.81 bits per heavy atom.